The first kappa shape index (κ1) is 24.4. The van der Waals surface area contributed by atoms with E-state index in [1.807, 2.05) is 60.0 Å². The SMILES string of the molecule is COc1ccc(C(C)(C)c2cc(Cl)cc(N(c3ccc4sccc4c3)S(C)(=O)=O)c2)c(OC)c1. The molecule has 0 unspecified atom stereocenters. The van der Waals surface area contributed by atoms with E-state index >= 15 is 0 Å². The smallest absolute Gasteiger partial charge is 0.236 e. The molecule has 34 heavy (non-hydrogen) atoms. The summed E-state index contributed by atoms with van der Waals surface area (Å²) in [6.45, 7) is 4.10. The Morgan fingerprint density at radius 2 is 1.68 bits per heavy atom. The number of nitrogens with zero attached hydrogens (tertiary/aromatic N) is 1. The van der Waals surface area contributed by atoms with Gasteiger partial charge in [-0.1, -0.05) is 31.5 Å². The highest BCUT2D eigenvalue weighted by atomic mass is 35.5. The van der Waals surface area contributed by atoms with Crippen LogP contribution in [-0.4, -0.2) is 28.9 Å². The largest absolute Gasteiger partial charge is 0.497 e. The zero-order valence-corrected chi connectivity index (χ0v) is 22.0. The van der Waals surface area contributed by atoms with Crippen LogP contribution in [0, 0.1) is 0 Å². The summed E-state index contributed by atoms with van der Waals surface area (Å²) in [5.74, 6) is 1.36. The minimum atomic E-state index is -3.65. The molecule has 0 amide bonds. The molecule has 0 radical (unpaired) electrons. The lowest BCUT2D eigenvalue weighted by Gasteiger charge is -2.30. The number of anilines is 2. The van der Waals surface area contributed by atoms with Crippen molar-refractivity contribution in [2.24, 2.45) is 0 Å². The van der Waals surface area contributed by atoms with Gasteiger partial charge in [-0.25, -0.2) is 12.7 Å². The molecule has 8 heteroatoms. The number of hydrogen-bond donors (Lipinski definition) is 0. The summed E-state index contributed by atoms with van der Waals surface area (Å²) in [7, 11) is -0.429. The van der Waals surface area contributed by atoms with Crippen molar-refractivity contribution in [3.63, 3.8) is 0 Å². The van der Waals surface area contributed by atoms with Gasteiger partial charge in [0.05, 0.1) is 31.9 Å². The average molecular weight is 516 g/mol. The molecule has 4 rings (SSSR count). The van der Waals surface area contributed by atoms with Crippen molar-refractivity contribution in [1.82, 2.24) is 0 Å². The van der Waals surface area contributed by atoms with Crippen LogP contribution in [0.3, 0.4) is 0 Å². The van der Waals surface area contributed by atoms with E-state index in [4.69, 9.17) is 21.1 Å². The maximum atomic E-state index is 13.0. The Bertz CT molecular complexity index is 1460. The van der Waals surface area contributed by atoms with Crippen molar-refractivity contribution in [3.8, 4) is 11.5 Å². The van der Waals surface area contributed by atoms with Crippen LogP contribution in [0.2, 0.25) is 5.02 Å². The lowest BCUT2D eigenvalue weighted by Crippen LogP contribution is -2.26. The summed E-state index contributed by atoms with van der Waals surface area (Å²) in [4.78, 5) is 0. The maximum absolute atomic E-state index is 13.0. The molecule has 0 atom stereocenters. The molecular weight excluding hydrogens is 490 g/mol. The summed E-state index contributed by atoms with van der Waals surface area (Å²) < 4.78 is 39.4. The molecule has 0 aliphatic rings. The quantitative estimate of drug-likeness (QED) is 0.266. The summed E-state index contributed by atoms with van der Waals surface area (Å²) in [5, 5.41) is 3.42. The molecule has 178 valence electrons. The monoisotopic (exact) mass is 515 g/mol. The Morgan fingerprint density at radius 3 is 2.35 bits per heavy atom. The first-order valence-electron chi connectivity index (χ1n) is 10.6. The molecule has 0 saturated heterocycles. The van der Waals surface area contributed by atoms with Crippen LogP contribution < -0.4 is 13.8 Å². The standard InChI is InChI=1S/C26H26ClNO4S2/c1-26(2,23-8-7-22(31-3)16-24(23)32-4)18-13-19(27)15-21(14-18)28(34(5,29)30)20-6-9-25-17(12-20)10-11-33-25/h6-16H,1-5H3. The van der Waals surface area contributed by atoms with Gasteiger partial charge in [0.15, 0.2) is 0 Å². The summed E-state index contributed by atoms with van der Waals surface area (Å²) in [6, 6.07) is 18.7. The fourth-order valence-electron chi connectivity index (χ4n) is 4.14. The third kappa shape index (κ3) is 4.60. The molecule has 1 aromatic heterocycles. The van der Waals surface area contributed by atoms with Crippen molar-refractivity contribution in [3.05, 3.63) is 82.2 Å². The molecule has 0 fully saturated rings. The molecule has 5 nitrogen and oxygen atoms in total. The average Bonchev–Trinajstić information content (AvgIpc) is 3.25. The maximum Gasteiger partial charge on any atom is 0.236 e. The topological polar surface area (TPSA) is 55.8 Å². The molecular formula is C26H26ClNO4S2. The number of thiophene rings is 1. The van der Waals surface area contributed by atoms with Gasteiger partial charge in [-0.3, -0.25) is 0 Å². The third-order valence-corrected chi connectivity index (χ3v) is 8.12. The van der Waals surface area contributed by atoms with Crippen molar-refractivity contribution >= 4 is 54.4 Å². The summed E-state index contributed by atoms with van der Waals surface area (Å²) >= 11 is 8.17. The Hall–Kier alpha value is -2.74. The van der Waals surface area contributed by atoms with Crippen LogP contribution in [0.4, 0.5) is 11.4 Å². The first-order valence-corrected chi connectivity index (χ1v) is 13.7. The van der Waals surface area contributed by atoms with E-state index in [1.165, 1.54) is 10.6 Å². The second-order valence-corrected chi connectivity index (χ2v) is 11.8. The van der Waals surface area contributed by atoms with E-state index in [2.05, 4.69) is 13.8 Å². The van der Waals surface area contributed by atoms with Gasteiger partial charge >= 0.3 is 0 Å². The molecule has 0 spiro atoms. The van der Waals surface area contributed by atoms with Crippen LogP contribution in [0.15, 0.2) is 66.0 Å². The third-order valence-electron chi connectivity index (χ3n) is 5.92. The molecule has 0 aliphatic heterocycles. The van der Waals surface area contributed by atoms with Crippen molar-refractivity contribution < 1.29 is 17.9 Å². The number of rotatable bonds is 7. The zero-order chi connectivity index (χ0) is 24.7. The number of benzene rings is 3. The molecule has 0 aliphatic carbocycles. The molecule has 1 heterocycles. The van der Waals surface area contributed by atoms with Crippen molar-refractivity contribution in [2.75, 3.05) is 24.8 Å². The van der Waals surface area contributed by atoms with E-state index in [-0.39, 0.29) is 0 Å². The van der Waals surface area contributed by atoms with Crippen LogP contribution in [0.5, 0.6) is 11.5 Å². The van der Waals surface area contributed by atoms with Gasteiger partial charge in [0.2, 0.25) is 10.0 Å². The van der Waals surface area contributed by atoms with E-state index in [0.29, 0.717) is 27.9 Å². The van der Waals surface area contributed by atoms with Gasteiger partial charge in [0.1, 0.15) is 11.5 Å². The van der Waals surface area contributed by atoms with Gasteiger partial charge in [-0.15, -0.1) is 11.3 Å². The number of halogens is 1. The van der Waals surface area contributed by atoms with Crippen LogP contribution in [-0.2, 0) is 15.4 Å². The minimum absolute atomic E-state index is 0.443. The predicted molar refractivity (Wildman–Crippen MR) is 142 cm³/mol. The summed E-state index contributed by atoms with van der Waals surface area (Å²) in [5.41, 5.74) is 2.26. The van der Waals surface area contributed by atoms with Gasteiger partial charge < -0.3 is 9.47 Å². The van der Waals surface area contributed by atoms with Gasteiger partial charge in [0.25, 0.3) is 0 Å². The number of sulfonamides is 1. The number of methoxy groups -OCH3 is 2. The fourth-order valence-corrected chi connectivity index (χ4v) is 6.12. The van der Waals surface area contributed by atoms with Gasteiger partial charge in [-0.2, -0.15) is 0 Å². The normalized spacial score (nSPS) is 12.1. The van der Waals surface area contributed by atoms with Crippen LogP contribution >= 0.6 is 22.9 Å². The second kappa shape index (κ2) is 9.13. The number of fused-ring (bicyclic) bond motifs is 1. The molecule has 3 aromatic carbocycles. The van der Waals surface area contributed by atoms with Crippen molar-refractivity contribution in [2.45, 2.75) is 19.3 Å². The van der Waals surface area contributed by atoms with Crippen LogP contribution in [0.1, 0.15) is 25.0 Å². The molecule has 0 saturated carbocycles. The Balaban J connectivity index is 1.87. The van der Waals surface area contributed by atoms with E-state index in [9.17, 15) is 8.42 Å². The molecule has 0 bridgehead atoms. The Morgan fingerprint density at radius 1 is 0.912 bits per heavy atom. The Kier molecular flexibility index (Phi) is 6.55. The van der Waals surface area contributed by atoms with Crippen molar-refractivity contribution in [1.29, 1.82) is 0 Å². The highest BCUT2D eigenvalue weighted by Gasteiger charge is 2.30. The summed E-state index contributed by atoms with van der Waals surface area (Å²) in [6.07, 6.45) is 1.20. The highest BCUT2D eigenvalue weighted by Crippen LogP contribution is 2.42. The lowest BCUT2D eigenvalue weighted by atomic mass is 9.77. The number of ether oxygens (including phenoxy) is 2. The van der Waals surface area contributed by atoms with Crippen LogP contribution in [0.25, 0.3) is 10.1 Å². The zero-order valence-electron chi connectivity index (χ0n) is 19.6. The van der Waals surface area contributed by atoms with Gasteiger partial charge in [0, 0.05) is 26.8 Å². The molecule has 0 N–H and O–H groups in total. The van der Waals surface area contributed by atoms with E-state index in [0.717, 1.165) is 21.2 Å². The fraction of sp³-hybridized carbons (Fsp3) is 0.231. The minimum Gasteiger partial charge on any atom is -0.497 e. The van der Waals surface area contributed by atoms with E-state index in [1.54, 1.807) is 31.6 Å². The van der Waals surface area contributed by atoms with E-state index < -0.39 is 15.4 Å². The first-order chi connectivity index (χ1) is 16.0. The second-order valence-electron chi connectivity index (χ2n) is 8.56. The molecule has 4 aromatic rings. The number of hydrogen-bond acceptors (Lipinski definition) is 5. The lowest BCUT2D eigenvalue weighted by molar-refractivity contribution is 0.385. The Labute approximate surface area is 209 Å². The highest BCUT2D eigenvalue weighted by molar-refractivity contribution is 7.92. The van der Waals surface area contributed by atoms with Gasteiger partial charge in [-0.05, 0) is 64.9 Å². The predicted octanol–water partition coefficient (Wildman–Crippen LogP) is 7.00.